The van der Waals surface area contributed by atoms with Gasteiger partial charge in [0, 0.05) is 16.5 Å². The van der Waals surface area contributed by atoms with Crippen LogP contribution in [0.4, 0.5) is 0 Å². The summed E-state index contributed by atoms with van der Waals surface area (Å²) in [6, 6.07) is 8.15. The van der Waals surface area contributed by atoms with Crippen LogP contribution < -0.4 is 5.56 Å². The second-order valence-corrected chi connectivity index (χ2v) is 6.46. The maximum Gasteiger partial charge on any atom is 0.265 e. The van der Waals surface area contributed by atoms with Gasteiger partial charge in [0.2, 0.25) is 5.78 Å². The molecular formula is C15H14N4OS. The Bertz CT molecular complexity index is 938. The van der Waals surface area contributed by atoms with E-state index in [1.54, 1.807) is 0 Å². The summed E-state index contributed by atoms with van der Waals surface area (Å²) < 4.78 is 1.43. The van der Waals surface area contributed by atoms with E-state index in [2.05, 4.69) is 47.7 Å². The summed E-state index contributed by atoms with van der Waals surface area (Å²) in [7, 11) is 0. The van der Waals surface area contributed by atoms with E-state index < -0.39 is 0 Å². The zero-order chi connectivity index (χ0) is 14.8. The molecule has 0 aliphatic heterocycles. The maximum atomic E-state index is 12.9. The summed E-state index contributed by atoms with van der Waals surface area (Å²) in [4.78, 5) is 16.2. The van der Waals surface area contributed by atoms with Gasteiger partial charge in [-0.05, 0) is 12.0 Å². The fourth-order valence-electron chi connectivity index (χ4n) is 3.25. The quantitative estimate of drug-likeness (QED) is 0.625. The van der Waals surface area contributed by atoms with Crippen LogP contribution in [0.1, 0.15) is 25.0 Å². The number of nitrogens with one attached hydrogen (secondary N) is 1. The Morgan fingerprint density at radius 3 is 2.86 bits per heavy atom. The van der Waals surface area contributed by atoms with Crippen molar-refractivity contribution in [1.82, 2.24) is 19.6 Å². The Morgan fingerprint density at radius 1 is 1.29 bits per heavy atom. The van der Waals surface area contributed by atoms with Gasteiger partial charge in [0.05, 0.1) is 5.69 Å². The molecule has 0 amide bonds. The Kier molecular flexibility index (Phi) is 2.39. The number of aromatic amines is 1. The number of aromatic nitrogens is 4. The van der Waals surface area contributed by atoms with E-state index in [4.69, 9.17) is 0 Å². The highest BCUT2D eigenvalue weighted by Gasteiger charge is 2.35. The highest BCUT2D eigenvalue weighted by Crippen LogP contribution is 2.40. The van der Waals surface area contributed by atoms with Gasteiger partial charge in [-0.3, -0.25) is 4.79 Å². The second-order valence-electron chi connectivity index (χ2n) is 6.06. The van der Waals surface area contributed by atoms with Gasteiger partial charge in [-0.25, -0.2) is 4.40 Å². The number of hydrogen-bond acceptors (Lipinski definition) is 4. The van der Waals surface area contributed by atoms with Gasteiger partial charge in [0.25, 0.3) is 5.56 Å². The summed E-state index contributed by atoms with van der Waals surface area (Å²) in [6.45, 7) is 4.18. The number of benzene rings is 1. The molecule has 0 saturated heterocycles. The van der Waals surface area contributed by atoms with E-state index in [1.165, 1.54) is 9.96 Å². The Balaban J connectivity index is 2.21. The zero-order valence-electron chi connectivity index (χ0n) is 11.7. The van der Waals surface area contributed by atoms with Crippen LogP contribution in [-0.2, 0) is 11.8 Å². The summed E-state index contributed by atoms with van der Waals surface area (Å²) in [5, 5.41) is 8.18. The third-order valence-electron chi connectivity index (χ3n) is 4.15. The number of fused-ring (bicyclic) bond motifs is 4. The highest BCUT2D eigenvalue weighted by molar-refractivity contribution is 7.80. The Morgan fingerprint density at radius 2 is 2.05 bits per heavy atom. The third-order valence-corrected chi connectivity index (χ3v) is 4.44. The maximum absolute atomic E-state index is 12.9. The van der Waals surface area contributed by atoms with Crippen LogP contribution in [0.15, 0.2) is 34.2 Å². The minimum Gasteiger partial charge on any atom is -0.323 e. The summed E-state index contributed by atoms with van der Waals surface area (Å²) >= 11 is 4.22. The van der Waals surface area contributed by atoms with Gasteiger partial charge in [-0.15, -0.1) is 22.8 Å². The van der Waals surface area contributed by atoms with Crippen LogP contribution in [0.2, 0.25) is 0 Å². The topological polar surface area (TPSA) is 63.1 Å². The molecule has 0 radical (unpaired) electrons. The molecule has 5 nitrogen and oxygen atoms in total. The monoisotopic (exact) mass is 298 g/mol. The first-order valence-corrected chi connectivity index (χ1v) is 7.23. The third kappa shape index (κ3) is 1.62. The van der Waals surface area contributed by atoms with Crippen LogP contribution >= 0.6 is 12.6 Å². The van der Waals surface area contributed by atoms with E-state index in [9.17, 15) is 4.79 Å². The van der Waals surface area contributed by atoms with E-state index in [-0.39, 0.29) is 11.0 Å². The van der Waals surface area contributed by atoms with Gasteiger partial charge < -0.3 is 4.98 Å². The van der Waals surface area contributed by atoms with Crippen LogP contribution in [-0.4, -0.2) is 19.6 Å². The number of H-pyrrole nitrogens is 1. The van der Waals surface area contributed by atoms with Crippen molar-refractivity contribution < 1.29 is 0 Å². The van der Waals surface area contributed by atoms with E-state index >= 15 is 0 Å². The molecule has 2 heterocycles. The number of hydrogen-bond donors (Lipinski definition) is 2. The van der Waals surface area contributed by atoms with Crippen LogP contribution in [0.5, 0.6) is 0 Å². The summed E-state index contributed by atoms with van der Waals surface area (Å²) in [5.74, 6) is 0.427. The first kappa shape index (κ1) is 12.6. The van der Waals surface area contributed by atoms with Crippen LogP contribution in [0, 0.1) is 0 Å². The number of thiol groups is 1. The smallest absolute Gasteiger partial charge is 0.265 e. The second kappa shape index (κ2) is 3.98. The first-order valence-electron chi connectivity index (χ1n) is 6.78. The average Bonchev–Trinajstić information content (AvgIpc) is 2.79. The predicted octanol–water partition coefficient (Wildman–Crippen LogP) is 2.21. The van der Waals surface area contributed by atoms with E-state index in [0.717, 1.165) is 23.2 Å². The number of rotatable bonds is 0. The Hall–Kier alpha value is -2.08. The molecule has 1 N–H and O–H groups in total. The highest BCUT2D eigenvalue weighted by atomic mass is 32.1. The van der Waals surface area contributed by atoms with Crippen molar-refractivity contribution in [2.45, 2.75) is 30.8 Å². The number of nitrogens with zero attached hydrogens (tertiary/aromatic N) is 3. The molecule has 0 saturated carbocycles. The molecule has 21 heavy (non-hydrogen) atoms. The fraction of sp³-hybridized carbons (Fsp3) is 0.267. The normalized spacial score (nSPS) is 15.8. The molecule has 0 atom stereocenters. The van der Waals surface area contributed by atoms with Gasteiger partial charge in [-0.2, -0.15) is 0 Å². The molecule has 0 bridgehead atoms. The average molecular weight is 298 g/mol. The molecule has 1 aromatic carbocycles. The molecule has 0 spiro atoms. The molecule has 4 rings (SSSR count). The summed E-state index contributed by atoms with van der Waals surface area (Å²) in [6.07, 6.45) is 0.828. The summed E-state index contributed by atoms with van der Waals surface area (Å²) in [5.41, 5.74) is 3.57. The molecule has 6 heteroatoms. The van der Waals surface area contributed by atoms with Gasteiger partial charge >= 0.3 is 0 Å². The molecule has 1 aliphatic carbocycles. The van der Waals surface area contributed by atoms with Crippen LogP contribution in [0.25, 0.3) is 17.0 Å². The Labute approximate surface area is 126 Å². The molecule has 0 unspecified atom stereocenters. The lowest BCUT2D eigenvalue weighted by atomic mass is 9.72. The van der Waals surface area contributed by atoms with Crippen molar-refractivity contribution in [2.24, 2.45) is 0 Å². The predicted molar refractivity (Wildman–Crippen MR) is 83.0 cm³/mol. The van der Waals surface area contributed by atoms with Gasteiger partial charge in [-0.1, -0.05) is 38.1 Å². The van der Waals surface area contributed by atoms with Crippen molar-refractivity contribution in [3.8, 4) is 11.3 Å². The van der Waals surface area contributed by atoms with Crippen molar-refractivity contribution in [3.63, 3.8) is 0 Å². The minimum atomic E-state index is -0.254. The van der Waals surface area contributed by atoms with Crippen molar-refractivity contribution in [1.29, 1.82) is 0 Å². The molecular weight excluding hydrogens is 284 g/mol. The first-order chi connectivity index (χ1) is 9.99. The lowest BCUT2D eigenvalue weighted by Gasteiger charge is -2.32. The fourth-order valence-corrected chi connectivity index (χ4v) is 3.48. The molecule has 1 aliphatic rings. The van der Waals surface area contributed by atoms with Gasteiger partial charge in [0.15, 0.2) is 5.16 Å². The minimum absolute atomic E-state index is 0.0896. The van der Waals surface area contributed by atoms with Crippen LogP contribution in [0.3, 0.4) is 0 Å². The lowest BCUT2D eigenvalue weighted by molar-refractivity contribution is 0.505. The largest absolute Gasteiger partial charge is 0.323 e. The molecule has 2 aromatic heterocycles. The zero-order valence-corrected chi connectivity index (χ0v) is 12.6. The van der Waals surface area contributed by atoms with E-state index in [1.807, 2.05) is 18.2 Å². The van der Waals surface area contributed by atoms with Crippen molar-refractivity contribution in [3.05, 3.63) is 45.7 Å². The van der Waals surface area contributed by atoms with E-state index in [0.29, 0.717) is 10.9 Å². The molecule has 3 aromatic rings. The standard InChI is InChI=1S/C15H14N4OS/c1-15(2)7-8-5-3-4-6-9(8)11-10(15)12(20)19-13(16-11)17-18-14(19)21/h3-6H,7H2,1-2H3,(H,16,17)(H,18,21). The molecule has 106 valence electrons. The molecule has 0 fully saturated rings. The van der Waals surface area contributed by atoms with Crippen molar-refractivity contribution >= 4 is 18.4 Å². The lowest BCUT2D eigenvalue weighted by Crippen LogP contribution is -2.35. The van der Waals surface area contributed by atoms with Gasteiger partial charge in [0.1, 0.15) is 0 Å². The SMILES string of the molecule is CC1(C)Cc2ccccc2-c2[nH]c3nnc(S)n3c(=O)c21. The van der Waals surface area contributed by atoms with Crippen molar-refractivity contribution in [2.75, 3.05) is 0 Å².